The fraction of sp³-hybridized carbons (Fsp3) is 0.167. The zero-order valence-electron chi connectivity index (χ0n) is 16.3. The summed E-state index contributed by atoms with van der Waals surface area (Å²) in [6.07, 6.45) is 0.901. The zero-order valence-corrected chi connectivity index (χ0v) is 17.1. The standard InChI is InChI=1S/C24H24N2O2S/c1-28-23(27)20-13-8-14-21(17-20)26-24(29)25-16-15-22(18-9-4-2-5-10-18)19-11-6-3-7-12-19/h2-14,17,22H,15-16H2,1H3,(H2,25,26,29). The van der Waals surface area contributed by atoms with E-state index < -0.39 is 0 Å². The molecular weight excluding hydrogens is 380 g/mol. The molecule has 0 heterocycles. The molecule has 0 aliphatic heterocycles. The third-order valence-electron chi connectivity index (χ3n) is 4.66. The second-order valence-electron chi connectivity index (χ2n) is 6.62. The lowest BCUT2D eigenvalue weighted by molar-refractivity contribution is 0.0601. The van der Waals surface area contributed by atoms with E-state index in [0.29, 0.717) is 10.7 Å². The maximum absolute atomic E-state index is 11.7. The van der Waals surface area contributed by atoms with Crippen molar-refractivity contribution in [2.75, 3.05) is 19.0 Å². The molecule has 0 aliphatic carbocycles. The number of methoxy groups -OCH3 is 1. The molecule has 2 N–H and O–H groups in total. The summed E-state index contributed by atoms with van der Waals surface area (Å²) < 4.78 is 4.76. The van der Waals surface area contributed by atoms with Gasteiger partial charge >= 0.3 is 5.97 Å². The first kappa shape index (κ1) is 20.6. The Morgan fingerprint density at radius 1 is 0.931 bits per heavy atom. The van der Waals surface area contributed by atoms with Crippen LogP contribution < -0.4 is 10.6 Å². The molecule has 29 heavy (non-hydrogen) atoms. The van der Waals surface area contributed by atoms with Crippen molar-refractivity contribution in [2.45, 2.75) is 12.3 Å². The van der Waals surface area contributed by atoms with E-state index in [2.05, 4.69) is 59.2 Å². The number of nitrogens with one attached hydrogen (secondary N) is 2. The molecule has 0 fully saturated rings. The molecule has 0 saturated heterocycles. The summed E-state index contributed by atoms with van der Waals surface area (Å²) in [6, 6.07) is 28.1. The number of ether oxygens (including phenoxy) is 1. The predicted octanol–water partition coefficient (Wildman–Crippen LogP) is 4.98. The van der Waals surface area contributed by atoms with E-state index in [1.165, 1.54) is 18.2 Å². The van der Waals surface area contributed by atoms with Crippen LogP contribution in [-0.2, 0) is 4.74 Å². The van der Waals surface area contributed by atoms with Gasteiger partial charge in [0.25, 0.3) is 0 Å². The second kappa shape index (κ2) is 10.4. The van der Waals surface area contributed by atoms with Gasteiger partial charge in [-0.05, 0) is 48.0 Å². The molecule has 0 spiro atoms. The summed E-state index contributed by atoms with van der Waals surface area (Å²) in [5.74, 6) is -0.0866. The van der Waals surface area contributed by atoms with Crippen molar-refractivity contribution in [1.29, 1.82) is 0 Å². The SMILES string of the molecule is COC(=O)c1cccc(NC(=S)NCCC(c2ccccc2)c2ccccc2)c1. The van der Waals surface area contributed by atoms with Gasteiger partial charge in [-0.3, -0.25) is 0 Å². The van der Waals surface area contributed by atoms with Crippen molar-refractivity contribution in [3.05, 3.63) is 102 Å². The van der Waals surface area contributed by atoms with Crippen LogP contribution >= 0.6 is 12.2 Å². The molecule has 3 aromatic carbocycles. The van der Waals surface area contributed by atoms with Gasteiger partial charge in [-0.15, -0.1) is 0 Å². The number of anilines is 1. The van der Waals surface area contributed by atoms with Crippen LogP contribution in [-0.4, -0.2) is 24.7 Å². The Morgan fingerprint density at radius 3 is 2.14 bits per heavy atom. The number of esters is 1. The highest BCUT2D eigenvalue weighted by molar-refractivity contribution is 7.80. The molecule has 0 atom stereocenters. The summed E-state index contributed by atoms with van der Waals surface area (Å²) in [5.41, 5.74) is 3.79. The van der Waals surface area contributed by atoms with Gasteiger partial charge in [0.15, 0.2) is 5.11 Å². The number of hydrogen-bond acceptors (Lipinski definition) is 3. The van der Waals surface area contributed by atoms with Gasteiger partial charge in [0.05, 0.1) is 12.7 Å². The third-order valence-corrected chi connectivity index (χ3v) is 4.91. The number of carbonyl (C=O) groups is 1. The summed E-state index contributed by atoms with van der Waals surface area (Å²) >= 11 is 5.42. The summed E-state index contributed by atoms with van der Waals surface area (Å²) in [6.45, 7) is 0.719. The van der Waals surface area contributed by atoms with Crippen molar-refractivity contribution in [3.63, 3.8) is 0 Å². The van der Waals surface area contributed by atoms with E-state index in [9.17, 15) is 4.79 Å². The minimum Gasteiger partial charge on any atom is -0.465 e. The fourth-order valence-electron chi connectivity index (χ4n) is 3.24. The number of carbonyl (C=O) groups excluding carboxylic acids is 1. The van der Waals surface area contributed by atoms with Crippen LogP contribution in [0, 0.1) is 0 Å². The maximum Gasteiger partial charge on any atom is 0.337 e. The molecule has 4 nitrogen and oxygen atoms in total. The first-order valence-electron chi connectivity index (χ1n) is 9.50. The quantitative estimate of drug-likeness (QED) is 0.430. The summed E-state index contributed by atoms with van der Waals surface area (Å²) in [7, 11) is 1.37. The highest BCUT2D eigenvalue weighted by Crippen LogP contribution is 2.27. The maximum atomic E-state index is 11.7. The molecule has 3 rings (SSSR count). The molecule has 3 aromatic rings. The number of hydrogen-bond donors (Lipinski definition) is 2. The topological polar surface area (TPSA) is 50.4 Å². The second-order valence-corrected chi connectivity index (χ2v) is 7.02. The third kappa shape index (κ3) is 5.90. The minimum absolute atomic E-state index is 0.287. The van der Waals surface area contributed by atoms with Crippen LogP contribution in [0.15, 0.2) is 84.9 Å². The van der Waals surface area contributed by atoms with Crippen molar-refractivity contribution >= 4 is 29.0 Å². The van der Waals surface area contributed by atoms with E-state index in [4.69, 9.17) is 17.0 Å². The van der Waals surface area contributed by atoms with Crippen molar-refractivity contribution in [3.8, 4) is 0 Å². The Balaban J connectivity index is 1.60. The average molecular weight is 405 g/mol. The smallest absolute Gasteiger partial charge is 0.337 e. The molecule has 0 saturated carbocycles. The van der Waals surface area contributed by atoms with Gasteiger partial charge in [0, 0.05) is 18.2 Å². The molecule has 0 radical (unpaired) electrons. The summed E-state index contributed by atoms with van der Waals surface area (Å²) in [4.78, 5) is 11.7. The highest BCUT2D eigenvalue weighted by Gasteiger charge is 2.14. The minimum atomic E-state index is -0.374. The van der Waals surface area contributed by atoms with Crippen LogP contribution in [0.5, 0.6) is 0 Å². The molecular formula is C24H24N2O2S. The monoisotopic (exact) mass is 404 g/mol. The molecule has 0 aliphatic rings. The number of thiocarbonyl (C=S) groups is 1. The average Bonchev–Trinajstić information content (AvgIpc) is 2.77. The first-order chi connectivity index (χ1) is 14.2. The van der Waals surface area contributed by atoms with Gasteiger partial charge in [0.2, 0.25) is 0 Å². The number of benzene rings is 3. The largest absolute Gasteiger partial charge is 0.465 e. The lowest BCUT2D eigenvalue weighted by Gasteiger charge is -2.19. The molecule has 148 valence electrons. The van der Waals surface area contributed by atoms with Crippen molar-refractivity contribution in [2.24, 2.45) is 0 Å². The first-order valence-corrected chi connectivity index (χ1v) is 9.91. The molecule has 0 aromatic heterocycles. The van der Waals surface area contributed by atoms with Crippen molar-refractivity contribution < 1.29 is 9.53 Å². The Morgan fingerprint density at radius 2 is 1.55 bits per heavy atom. The van der Waals surface area contributed by atoms with Crippen LogP contribution in [0.25, 0.3) is 0 Å². The van der Waals surface area contributed by atoms with E-state index in [1.54, 1.807) is 18.2 Å². The van der Waals surface area contributed by atoms with Gasteiger partial charge in [0.1, 0.15) is 0 Å². The van der Waals surface area contributed by atoms with E-state index >= 15 is 0 Å². The normalized spacial score (nSPS) is 10.4. The lowest BCUT2D eigenvalue weighted by atomic mass is 9.88. The molecule has 0 unspecified atom stereocenters. The van der Waals surface area contributed by atoms with Crippen LogP contribution in [0.3, 0.4) is 0 Å². The molecule has 0 amide bonds. The van der Waals surface area contributed by atoms with E-state index in [0.717, 1.165) is 18.7 Å². The highest BCUT2D eigenvalue weighted by atomic mass is 32.1. The fourth-order valence-corrected chi connectivity index (χ4v) is 3.46. The molecule has 5 heteroatoms. The Labute approximate surface area is 176 Å². The van der Waals surface area contributed by atoms with Gasteiger partial charge in [-0.25, -0.2) is 4.79 Å². The van der Waals surface area contributed by atoms with Crippen LogP contribution in [0.2, 0.25) is 0 Å². The van der Waals surface area contributed by atoms with Crippen LogP contribution in [0.1, 0.15) is 33.8 Å². The predicted molar refractivity (Wildman–Crippen MR) is 121 cm³/mol. The van der Waals surface area contributed by atoms with Gasteiger partial charge in [-0.1, -0.05) is 66.7 Å². The zero-order chi connectivity index (χ0) is 20.5. The Kier molecular flexibility index (Phi) is 7.36. The van der Waals surface area contributed by atoms with Crippen LogP contribution in [0.4, 0.5) is 5.69 Å². The van der Waals surface area contributed by atoms with E-state index in [-0.39, 0.29) is 11.9 Å². The van der Waals surface area contributed by atoms with Crippen molar-refractivity contribution in [1.82, 2.24) is 5.32 Å². The van der Waals surface area contributed by atoms with E-state index in [1.807, 2.05) is 18.2 Å². The molecule has 0 bridgehead atoms. The number of rotatable bonds is 7. The Bertz CT molecular complexity index is 906. The lowest BCUT2D eigenvalue weighted by Crippen LogP contribution is -2.30. The van der Waals surface area contributed by atoms with Gasteiger partial charge in [-0.2, -0.15) is 0 Å². The van der Waals surface area contributed by atoms with Gasteiger partial charge < -0.3 is 15.4 Å². The summed E-state index contributed by atoms with van der Waals surface area (Å²) in [5, 5.41) is 6.92. The Hall–Kier alpha value is -3.18.